The molecule has 117 heavy (non-hydrogen) atoms. The molecule has 0 atom stereocenters. The summed E-state index contributed by atoms with van der Waals surface area (Å²) >= 11 is 7.28. The fraction of sp³-hybridized carbons (Fsp3) is 0. The summed E-state index contributed by atoms with van der Waals surface area (Å²) in [5.74, 6) is 3.93. The second-order valence-electron chi connectivity index (χ2n) is 28.7. The van der Waals surface area contributed by atoms with Gasteiger partial charge in [0.25, 0.3) is 0 Å². The van der Waals surface area contributed by atoms with Gasteiger partial charge in [0.2, 0.25) is 0 Å². The number of fused-ring (bicyclic) bond motifs is 10. The molecule has 0 fully saturated rings. The van der Waals surface area contributed by atoms with E-state index in [1.807, 2.05) is 174 Å². The summed E-state index contributed by atoms with van der Waals surface area (Å²) in [4.78, 5) is 32.5. The molecule has 1 N–H and O–H groups in total. The number of halogens is 1. The number of thiophene rings is 2. The molecule has 11 heteroatoms. The third-order valence-corrected chi connectivity index (χ3v) is 24.3. The van der Waals surface area contributed by atoms with Gasteiger partial charge >= 0.3 is 0 Å². The lowest BCUT2D eigenvalue weighted by Gasteiger charge is -2.12. The maximum Gasteiger partial charge on any atom is 0.164 e. The Morgan fingerprint density at radius 3 is 0.966 bits per heavy atom. The molecule has 0 bridgehead atoms. The van der Waals surface area contributed by atoms with Crippen LogP contribution in [0, 0.1) is 0 Å². The molecule has 0 saturated carbocycles. The SMILES string of the molecule is Brc1cccc(-c2nc(-c3ccccc3)nc(-c3ccccc3)n2)c1.c1ccc(-c2cc(-c3ccccc3)cc(-c3cccc4c3sc3c4ccc4cc[nH]c43)c2)cc1.c1ccc(-c2cc(-c3ccccc3)cc(-c3cccc4c3sc3c4ccc4ccn(-c5cccc(-c6nc(-c7ccccc7)nc(-c7ccccc7)n6)c5)c43)c2)cc1. The maximum absolute atomic E-state index is 5.02. The highest BCUT2D eigenvalue weighted by Crippen LogP contribution is 2.47. The van der Waals surface area contributed by atoms with Gasteiger partial charge in [0.15, 0.2) is 34.9 Å². The molecule has 0 spiro atoms. The van der Waals surface area contributed by atoms with E-state index in [4.69, 9.17) is 24.9 Å². The number of hydrogen-bond acceptors (Lipinski definition) is 8. The minimum Gasteiger partial charge on any atom is -0.360 e. The fourth-order valence-electron chi connectivity index (χ4n) is 15.6. The van der Waals surface area contributed by atoms with Crippen LogP contribution in [0.5, 0.6) is 0 Å². The third-order valence-electron chi connectivity index (χ3n) is 21.3. The number of hydrogen-bond donors (Lipinski definition) is 1. The summed E-state index contributed by atoms with van der Waals surface area (Å²) in [6.45, 7) is 0. The number of H-pyrrole nitrogens is 1. The summed E-state index contributed by atoms with van der Waals surface area (Å²) in [7, 11) is 0. The summed E-state index contributed by atoms with van der Waals surface area (Å²) < 4.78 is 8.51. The molecule has 0 aliphatic carbocycles. The number of aromatic amines is 1. The highest BCUT2D eigenvalue weighted by molar-refractivity contribution is 9.10. The number of nitrogens with one attached hydrogen (secondary N) is 1. The van der Waals surface area contributed by atoms with Crippen molar-refractivity contribution < 1.29 is 0 Å². The summed E-state index contributed by atoms with van der Waals surface area (Å²) in [6.07, 6.45) is 4.22. The summed E-state index contributed by atoms with van der Waals surface area (Å²) in [6, 6.07) is 140. The van der Waals surface area contributed by atoms with Gasteiger partial charge in [-0.2, -0.15) is 0 Å². The average molecular weight is 1600 g/mol. The van der Waals surface area contributed by atoms with Gasteiger partial charge in [-0.25, -0.2) is 29.9 Å². The molecule has 22 rings (SSSR count). The maximum atomic E-state index is 5.02. The Kier molecular flexibility index (Phi) is 19.5. The van der Waals surface area contributed by atoms with E-state index >= 15 is 0 Å². The molecular weight excluding hydrogens is 1530 g/mol. The fourth-order valence-corrected chi connectivity index (χ4v) is 18.7. The minimum absolute atomic E-state index is 0.635. The lowest BCUT2D eigenvalue weighted by Crippen LogP contribution is -2.00. The van der Waals surface area contributed by atoms with E-state index in [0.29, 0.717) is 34.9 Å². The third kappa shape index (κ3) is 14.6. The molecule has 16 aromatic carbocycles. The van der Waals surface area contributed by atoms with E-state index < -0.39 is 0 Å². The van der Waals surface area contributed by atoms with E-state index in [1.54, 1.807) is 0 Å². The van der Waals surface area contributed by atoms with Gasteiger partial charge in [-0.15, -0.1) is 22.7 Å². The molecule has 8 nitrogen and oxygen atoms in total. The van der Waals surface area contributed by atoms with Crippen LogP contribution in [0.3, 0.4) is 0 Å². The van der Waals surface area contributed by atoms with Crippen LogP contribution >= 0.6 is 38.6 Å². The van der Waals surface area contributed by atoms with Crippen molar-refractivity contribution in [2.75, 3.05) is 0 Å². The molecule has 6 heterocycles. The van der Waals surface area contributed by atoms with E-state index in [2.05, 4.69) is 291 Å². The topological polar surface area (TPSA) is 98.1 Å². The summed E-state index contributed by atoms with van der Waals surface area (Å²) in [5, 5.41) is 7.61. The van der Waals surface area contributed by atoms with E-state index in [-0.39, 0.29) is 0 Å². The highest BCUT2D eigenvalue weighted by Gasteiger charge is 2.21. The molecule has 0 radical (unpaired) electrons. The van der Waals surface area contributed by atoms with E-state index in [9.17, 15) is 0 Å². The smallest absolute Gasteiger partial charge is 0.164 e. The monoisotopic (exact) mass is 1600 g/mol. The lowest BCUT2D eigenvalue weighted by atomic mass is 9.93. The van der Waals surface area contributed by atoms with Crippen molar-refractivity contribution >= 4 is 101 Å². The second-order valence-corrected chi connectivity index (χ2v) is 31.7. The predicted molar refractivity (Wildman–Crippen MR) is 493 cm³/mol. The van der Waals surface area contributed by atoms with Crippen LogP contribution in [0.4, 0.5) is 0 Å². The molecule has 22 aromatic rings. The minimum atomic E-state index is 0.635. The molecule has 0 unspecified atom stereocenters. The Bertz CT molecular complexity index is 7130. The number of rotatable bonds is 13. The van der Waals surface area contributed by atoms with Gasteiger partial charge in [0.05, 0.1) is 20.4 Å². The van der Waals surface area contributed by atoms with Gasteiger partial charge < -0.3 is 9.55 Å². The summed E-state index contributed by atoms with van der Waals surface area (Å²) in [5.41, 5.74) is 23.9. The van der Waals surface area contributed by atoms with Crippen molar-refractivity contribution in [1.29, 1.82) is 0 Å². The predicted octanol–water partition coefficient (Wildman–Crippen LogP) is 29.4. The molecule has 0 aliphatic rings. The number of nitrogens with zero attached hydrogens (tertiary/aromatic N) is 7. The quantitative estimate of drug-likeness (QED) is 0.123. The van der Waals surface area contributed by atoms with Crippen LogP contribution in [0.25, 0.3) is 203 Å². The Morgan fingerprint density at radius 2 is 0.556 bits per heavy atom. The first-order chi connectivity index (χ1) is 57.9. The van der Waals surface area contributed by atoms with Gasteiger partial charge in [-0.1, -0.05) is 344 Å². The lowest BCUT2D eigenvalue weighted by molar-refractivity contribution is 1.07. The molecule has 0 aliphatic heterocycles. The Labute approximate surface area is 692 Å². The largest absolute Gasteiger partial charge is 0.360 e. The van der Waals surface area contributed by atoms with Crippen molar-refractivity contribution in [2.24, 2.45) is 0 Å². The average Bonchev–Trinajstić information content (AvgIpc) is 1.67. The van der Waals surface area contributed by atoms with Crippen LogP contribution < -0.4 is 0 Å². The highest BCUT2D eigenvalue weighted by atomic mass is 79.9. The Morgan fingerprint density at radius 1 is 0.231 bits per heavy atom. The first-order valence-corrected chi connectivity index (χ1v) is 41.3. The van der Waals surface area contributed by atoms with Crippen LogP contribution in [-0.2, 0) is 0 Å². The van der Waals surface area contributed by atoms with Crippen molar-refractivity contribution in [3.8, 4) is 141 Å². The Balaban J connectivity index is 0.000000126. The van der Waals surface area contributed by atoms with Crippen LogP contribution in [0.1, 0.15) is 0 Å². The zero-order valence-electron chi connectivity index (χ0n) is 63.1. The zero-order valence-corrected chi connectivity index (χ0v) is 66.3. The first-order valence-electron chi connectivity index (χ1n) is 38.9. The first kappa shape index (κ1) is 71.6. The van der Waals surface area contributed by atoms with Gasteiger partial charge in [0, 0.05) is 97.7 Å². The van der Waals surface area contributed by atoms with Gasteiger partial charge in [-0.3, -0.25) is 0 Å². The molecule has 0 saturated heterocycles. The second kappa shape index (κ2) is 31.8. The van der Waals surface area contributed by atoms with Crippen molar-refractivity contribution in [2.45, 2.75) is 0 Å². The number of benzene rings is 16. The van der Waals surface area contributed by atoms with Crippen LogP contribution in [0.2, 0.25) is 0 Å². The zero-order chi connectivity index (χ0) is 78.0. The van der Waals surface area contributed by atoms with E-state index in [1.165, 1.54) is 129 Å². The van der Waals surface area contributed by atoms with Crippen molar-refractivity contribution in [3.05, 3.63) is 417 Å². The van der Waals surface area contributed by atoms with Crippen molar-refractivity contribution in [3.63, 3.8) is 0 Å². The standard InChI is InChI=1S/C53H34N4S.C32H21NS.C21H14BrN3/c1-5-15-35(16-6-1)41-31-42(36-17-7-2-8-18-36)33-43(32-41)45-25-14-26-46-47-28-27-37-29-30-57(48(37)50(47)58-49(45)46)44-24-13-23-40(34-44)53-55-51(38-19-9-3-10-20-38)54-52(56-53)39-21-11-4-12-22-39;1-3-8-21(9-4-1)24-18-25(22-10-5-2-6-11-22)20-26(19-24)27-12-7-13-28-29-15-14-23-16-17-33-30(23)32(29)34-31(27)28;22-18-13-7-12-17(14-18)21-24-19(15-8-3-1-4-9-15)23-20(25-21)16-10-5-2-6-11-16/h1-34H;1-20,33H;1-14H. The van der Waals surface area contributed by atoms with Crippen LogP contribution in [-0.4, -0.2) is 39.5 Å². The van der Waals surface area contributed by atoms with Crippen molar-refractivity contribution in [1.82, 2.24) is 39.5 Å². The van der Waals surface area contributed by atoms with Crippen LogP contribution in [0.15, 0.2) is 417 Å². The van der Waals surface area contributed by atoms with Gasteiger partial charge in [0.1, 0.15) is 0 Å². The molecular formula is C106H69BrN8S2. The van der Waals surface area contributed by atoms with E-state index in [0.717, 1.165) is 43.5 Å². The Hall–Kier alpha value is -14.5. The molecule has 0 amide bonds. The molecule has 552 valence electrons. The van der Waals surface area contributed by atoms with Gasteiger partial charge in [-0.05, 0) is 140 Å². The number of aromatic nitrogens is 8. The molecule has 6 aromatic heterocycles. The normalized spacial score (nSPS) is 11.3.